The number of hydrogen-bond acceptors (Lipinski definition) is 7. The van der Waals surface area contributed by atoms with Crippen molar-refractivity contribution in [1.29, 1.82) is 0 Å². The van der Waals surface area contributed by atoms with E-state index in [-0.39, 0.29) is 54.3 Å². The zero-order valence-electron chi connectivity index (χ0n) is 25.9. The minimum absolute atomic E-state index is 0.0318. The summed E-state index contributed by atoms with van der Waals surface area (Å²) in [6.45, 7) is 8.86. The molecule has 14 heteroatoms. The predicted molar refractivity (Wildman–Crippen MR) is 160 cm³/mol. The van der Waals surface area contributed by atoms with Crippen LogP contribution < -0.4 is 10.6 Å². The lowest BCUT2D eigenvalue weighted by molar-refractivity contribution is -0.161. The van der Waals surface area contributed by atoms with Gasteiger partial charge in [0.2, 0.25) is 11.7 Å². The summed E-state index contributed by atoms with van der Waals surface area (Å²) in [5, 5.41) is 9.58. The highest BCUT2D eigenvalue weighted by Gasteiger charge is 2.45. The first-order valence-electron chi connectivity index (χ1n) is 14.9. The summed E-state index contributed by atoms with van der Waals surface area (Å²) in [4.78, 5) is 22.0. The number of H-pyrrole nitrogens is 1. The Morgan fingerprint density at radius 2 is 2.02 bits per heavy atom. The Morgan fingerprint density at radius 3 is 2.71 bits per heavy atom. The van der Waals surface area contributed by atoms with Crippen molar-refractivity contribution in [2.45, 2.75) is 76.7 Å². The molecule has 244 valence electrons. The summed E-state index contributed by atoms with van der Waals surface area (Å²) in [5.41, 5.74) is 0.918. The van der Waals surface area contributed by atoms with Crippen molar-refractivity contribution in [3.63, 3.8) is 0 Å². The normalized spacial score (nSPS) is 19.6. The number of amides is 1. The molecule has 4 aromatic rings. The molecule has 0 radical (unpaired) electrons. The van der Waals surface area contributed by atoms with Gasteiger partial charge in [0.25, 0.3) is 5.91 Å². The van der Waals surface area contributed by atoms with E-state index in [0.717, 1.165) is 0 Å². The van der Waals surface area contributed by atoms with Crippen LogP contribution in [-0.2, 0) is 11.3 Å². The molecule has 2 unspecified atom stereocenters. The van der Waals surface area contributed by atoms with Gasteiger partial charge in [-0.3, -0.25) is 15.0 Å². The van der Waals surface area contributed by atoms with Crippen LogP contribution in [0.4, 0.5) is 17.6 Å². The summed E-state index contributed by atoms with van der Waals surface area (Å²) in [6, 6.07) is 4.80. The molecule has 3 N–H and O–H groups in total. The maximum atomic E-state index is 15.2. The van der Waals surface area contributed by atoms with E-state index in [1.54, 1.807) is 31.6 Å². The molecule has 0 bridgehead atoms. The second-order valence-corrected chi connectivity index (χ2v) is 12.5. The molecule has 5 rings (SSSR count). The van der Waals surface area contributed by atoms with E-state index in [2.05, 4.69) is 25.8 Å². The number of methoxy groups -OCH3 is 1. The molecule has 1 fully saturated rings. The van der Waals surface area contributed by atoms with E-state index in [4.69, 9.17) is 9.26 Å². The third-order valence-corrected chi connectivity index (χ3v) is 8.21. The smallest absolute Gasteiger partial charge is 0.383 e. The number of carbonyl (C=O) groups is 1. The third-order valence-electron chi connectivity index (χ3n) is 8.21. The zero-order chi connectivity index (χ0) is 32.5. The number of benzene rings is 1. The maximum Gasteiger partial charge on any atom is 0.407 e. The molecule has 1 aliphatic rings. The van der Waals surface area contributed by atoms with Crippen LogP contribution in [0.2, 0.25) is 0 Å². The number of hydrogen-bond donors (Lipinski definition) is 3. The van der Waals surface area contributed by atoms with Gasteiger partial charge in [-0.05, 0) is 57.9 Å². The molecule has 3 aromatic heterocycles. The SMILES string of the molecule is COCC(C)n1ccc(C(=O)NCc2nc(-c3cc4c(C(N[C@@H]5CCN(C(C)(C)C)C[C@@H]5F)C(F)(F)F)cccc4[nH]3)no2)c1. The number of rotatable bonds is 10. The minimum Gasteiger partial charge on any atom is -0.383 e. The third kappa shape index (κ3) is 7.39. The molecule has 10 nitrogen and oxygen atoms in total. The van der Waals surface area contributed by atoms with Gasteiger partial charge in [0.15, 0.2) is 0 Å². The average molecular weight is 634 g/mol. The van der Waals surface area contributed by atoms with Crippen molar-refractivity contribution in [2.24, 2.45) is 0 Å². The van der Waals surface area contributed by atoms with Crippen LogP contribution >= 0.6 is 0 Å². The quantitative estimate of drug-likeness (QED) is 0.196. The first-order valence-corrected chi connectivity index (χ1v) is 14.9. The average Bonchev–Trinajstić information content (AvgIpc) is 3.74. The topological polar surface area (TPSA) is 113 Å². The van der Waals surface area contributed by atoms with Crippen molar-refractivity contribution in [3.8, 4) is 11.5 Å². The monoisotopic (exact) mass is 633 g/mol. The number of piperidine rings is 1. The molecule has 1 saturated heterocycles. The molecule has 0 aliphatic carbocycles. The number of aromatic amines is 1. The number of ether oxygens (including phenoxy) is 1. The molecule has 4 atom stereocenters. The lowest BCUT2D eigenvalue weighted by Gasteiger charge is -2.43. The first kappa shape index (κ1) is 32.6. The van der Waals surface area contributed by atoms with Crippen LogP contribution in [0.1, 0.15) is 68.0 Å². The molecule has 0 saturated carbocycles. The Balaban J connectivity index is 1.30. The molecule has 4 heterocycles. The fourth-order valence-corrected chi connectivity index (χ4v) is 5.67. The number of likely N-dealkylation sites (tertiary alicyclic amines) is 1. The van der Waals surface area contributed by atoms with Crippen molar-refractivity contribution < 1.29 is 31.6 Å². The molecule has 45 heavy (non-hydrogen) atoms. The fourth-order valence-electron chi connectivity index (χ4n) is 5.67. The highest BCUT2D eigenvalue weighted by Crippen LogP contribution is 2.39. The van der Waals surface area contributed by atoms with E-state index in [9.17, 15) is 18.0 Å². The van der Waals surface area contributed by atoms with Gasteiger partial charge in [-0.2, -0.15) is 18.2 Å². The van der Waals surface area contributed by atoms with E-state index in [0.29, 0.717) is 35.3 Å². The van der Waals surface area contributed by atoms with Gasteiger partial charge in [-0.15, -0.1) is 0 Å². The number of nitrogens with zero attached hydrogens (tertiary/aromatic N) is 4. The van der Waals surface area contributed by atoms with E-state index < -0.39 is 24.4 Å². The van der Waals surface area contributed by atoms with Crippen molar-refractivity contribution in [2.75, 3.05) is 26.8 Å². The maximum absolute atomic E-state index is 15.2. The Morgan fingerprint density at radius 1 is 1.24 bits per heavy atom. The molecule has 1 aromatic carbocycles. The molecule has 1 amide bonds. The van der Waals surface area contributed by atoms with Crippen LogP contribution in [0, 0.1) is 0 Å². The van der Waals surface area contributed by atoms with Crippen molar-refractivity contribution in [3.05, 3.63) is 59.7 Å². The first-order chi connectivity index (χ1) is 21.2. The summed E-state index contributed by atoms with van der Waals surface area (Å²) in [7, 11) is 1.61. The standard InChI is InChI=1S/C31H39F4N7O3/c1-18(17-44-5)41-11-9-19(15-41)29(43)36-14-26-39-28(40-45-26)25-13-21-20(7-6-8-23(21)37-25)27(31(33,34)35)38-24-10-12-42(16-22(24)32)30(2,3)4/h6-9,11,13,15,18,22,24,27,37-38H,10,12,14,16-17H2,1-5H3,(H,36,43)/t18?,22-,24+,27?/m0/s1. The Hall–Kier alpha value is -3.75. The zero-order valence-corrected chi connectivity index (χ0v) is 25.9. The minimum atomic E-state index is -4.67. The fraction of sp³-hybridized carbons (Fsp3) is 0.516. The van der Waals surface area contributed by atoms with E-state index >= 15 is 4.39 Å². The number of alkyl halides is 4. The summed E-state index contributed by atoms with van der Waals surface area (Å²) < 4.78 is 70.9. The lowest BCUT2D eigenvalue weighted by atomic mass is 9.94. The molecule has 1 aliphatic heterocycles. The van der Waals surface area contributed by atoms with Crippen LogP contribution in [0.5, 0.6) is 0 Å². The number of fused-ring (bicyclic) bond motifs is 1. The molecular weight excluding hydrogens is 594 g/mol. The molecular formula is C31H39F4N7O3. The lowest BCUT2D eigenvalue weighted by Crippen LogP contribution is -2.57. The van der Waals surface area contributed by atoms with Gasteiger partial charge < -0.3 is 24.1 Å². The van der Waals surface area contributed by atoms with Crippen LogP contribution in [0.25, 0.3) is 22.4 Å². The van der Waals surface area contributed by atoms with Crippen molar-refractivity contribution >= 4 is 16.8 Å². The predicted octanol–water partition coefficient (Wildman–Crippen LogP) is 5.56. The Kier molecular flexibility index (Phi) is 9.38. The number of carbonyl (C=O) groups excluding carboxylic acids is 1. The van der Waals surface area contributed by atoms with Gasteiger partial charge in [-0.25, -0.2) is 4.39 Å². The van der Waals surface area contributed by atoms with Gasteiger partial charge in [-0.1, -0.05) is 17.3 Å². The number of aromatic nitrogens is 4. The second kappa shape index (κ2) is 12.9. The largest absolute Gasteiger partial charge is 0.407 e. The van der Waals surface area contributed by atoms with Gasteiger partial charge in [0.1, 0.15) is 12.2 Å². The van der Waals surface area contributed by atoms with Gasteiger partial charge in [0, 0.05) is 55.1 Å². The van der Waals surface area contributed by atoms with Gasteiger partial charge >= 0.3 is 6.18 Å². The van der Waals surface area contributed by atoms with Gasteiger partial charge in [0.05, 0.1) is 30.5 Å². The summed E-state index contributed by atoms with van der Waals surface area (Å²) >= 11 is 0. The Labute approximate surface area is 258 Å². The van der Waals surface area contributed by atoms with Crippen LogP contribution in [0.3, 0.4) is 0 Å². The van der Waals surface area contributed by atoms with Crippen LogP contribution in [-0.4, -0.2) is 81.2 Å². The van der Waals surface area contributed by atoms with Crippen molar-refractivity contribution in [1.82, 2.24) is 35.2 Å². The van der Waals surface area contributed by atoms with Crippen LogP contribution in [0.15, 0.2) is 47.2 Å². The molecule has 0 spiro atoms. The van der Waals surface area contributed by atoms with E-state index in [1.807, 2.05) is 37.2 Å². The Bertz CT molecular complexity index is 1610. The number of nitrogens with one attached hydrogen (secondary N) is 3. The summed E-state index contributed by atoms with van der Waals surface area (Å²) in [5.74, 6) is -0.0932. The summed E-state index contributed by atoms with van der Waals surface area (Å²) in [6.07, 6.45) is -2.38. The highest BCUT2D eigenvalue weighted by molar-refractivity contribution is 5.94. The number of halogens is 4. The van der Waals surface area contributed by atoms with E-state index in [1.165, 1.54) is 18.2 Å². The second-order valence-electron chi connectivity index (χ2n) is 12.5. The highest BCUT2D eigenvalue weighted by atomic mass is 19.4.